The van der Waals surface area contributed by atoms with Crippen LogP contribution in [-0.4, -0.2) is 4.92 Å². The first-order valence-corrected chi connectivity index (χ1v) is 5.57. The van der Waals surface area contributed by atoms with Gasteiger partial charge in [-0.2, -0.15) is 0 Å². The van der Waals surface area contributed by atoms with E-state index in [1.54, 1.807) is 19.9 Å². The predicted octanol–water partition coefficient (Wildman–Crippen LogP) is 1.61. The number of fused-ring (bicyclic) bond motifs is 2. The Kier molecular flexibility index (Phi) is 2.04. The largest absolute Gasteiger partial charge is 0.348 e. The fourth-order valence-electron chi connectivity index (χ4n) is 2.24. The highest BCUT2D eigenvalue weighted by atomic mass is 16.6. The van der Waals surface area contributed by atoms with Crippen molar-refractivity contribution in [2.24, 2.45) is 0 Å². The molecule has 7 nitrogen and oxygen atoms in total. The van der Waals surface area contributed by atoms with Crippen molar-refractivity contribution in [3.05, 3.63) is 47.8 Å². The molecule has 1 aliphatic rings. The van der Waals surface area contributed by atoms with Gasteiger partial charge in [0, 0.05) is 5.56 Å². The number of nitrogens with zero attached hydrogens (tertiary/aromatic N) is 1. The number of hydrogen-bond acceptors (Lipinski definition) is 6. The molecule has 19 heavy (non-hydrogen) atoms. The lowest BCUT2D eigenvalue weighted by molar-refractivity contribution is -0.384. The zero-order chi connectivity index (χ0) is 13.9. The summed E-state index contributed by atoms with van der Waals surface area (Å²) in [7, 11) is 0. The molecule has 0 atom stereocenters. The second-order valence-electron chi connectivity index (χ2n) is 4.50. The van der Waals surface area contributed by atoms with E-state index in [4.69, 9.17) is 0 Å². The van der Waals surface area contributed by atoms with Crippen LogP contribution in [0.2, 0.25) is 0 Å². The van der Waals surface area contributed by atoms with Crippen LogP contribution in [0.3, 0.4) is 0 Å². The van der Waals surface area contributed by atoms with Crippen LogP contribution in [0, 0.1) is 24.0 Å². The highest BCUT2D eigenvalue weighted by Gasteiger charge is 2.32. The molecule has 96 valence electrons. The van der Waals surface area contributed by atoms with Gasteiger partial charge in [-0.05, 0) is 25.5 Å². The Morgan fingerprint density at radius 3 is 2.21 bits per heavy atom. The van der Waals surface area contributed by atoms with Crippen molar-refractivity contribution < 1.29 is 4.92 Å². The molecule has 3 rings (SSSR count). The number of nitrogens with one attached hydrogen (secondary N) is 2. The Bertz CT molecular complexity index is 815. The van der Waals surface area contributed by atoms with Gasteiger partial charge < -0.3 is 10.6 Å². The average Bonchev–Trinajstić information content (AvgIpc) is 2.37. The predicted molar refractivity (Wildman–Crippen MR) is 70.5 cm³/mol. The molecule has 0 unspecified atom stereocenters. The van der Waals surface area contributed by atoms with Crippen LogP contribution in [0.1, 0.15) is 11.1 Å². The number of nitro benzene ring substituents is 1. The molecule has 0 radical (unpaired) electrons. The first-order valence-electron chi connectivity index (χ1n) is 5.57. The second-order valence-corrected chi connectivity index (χ2v) is 4.50. The number of hydrogen-bond donors (Lipinski definition) is 2. The normalized spacial score (nSPS) is 12.3. The fourth-order valence-corrected chi connectivity index (χ4v) is 2.24. The van der Waals surface area contributed by atoms with Crippen molar-refractivity contribution in [1.29, 1.82) is 0 Å². The molecule has 0 fully saturated rings. The molecular weight excluding hydrogens is 250 g/mol. The third-order valence-corrected chi connectivity index (χ3v) is 3.42. The van der Waals surface area contributed by atoms with Crippen molar-refractivity contribution in [3.8, 4) is 0 Å². The topological polar surface area (TPSA) is 101 Å². The summed E-state index contributed by atoms with van der Waals surface area (Å²) in [6, 6.07) is 1.71. The molecule has 1 aliphatic heterocycles. The number of aryl methyl sites for hydroxylation is 1. The quantitative estimate of drug-likeness (QED) is 0.391. The lowest BCUT2D eigenvalue weighted by Gasteiger charge is -2.24. The zero-order valence-corrected chi connectivity index (χ0v) is 10.2. The van der Waals surface area contributed by atoms with Gasteiger partial charge in [0.1, 0.15) is 17.1 Å². The van der Waals surface area contributed by atoms with E-state index in [0.29, 0.717) is 11.3 Å². The van der Waals surface area contributed by atoms with Crippen LogP contribution >= 0.6 is 0 Å². The van der Waals surface area contributed by atoms with E-state index in [1.807, 2.05) is 0 Å². The number of anilines is 4. The maximum atomic E-state index is 11.4. The Hall–Kier alpha value is -2.70. The Morgan fingerprint density at radius 1 is 1.05 bits per heavy atom. The molecule has 2 N–H and O–H groups in total. The fraction of sp³-hybridized carbons (Fsp3) is 0.167. The third kappa shape index (κ3) is 1.32. The Balaban J connectivity index is 2.27. The minimum atomic E-state index is -0.652. The van der Waals surface area contributed by atoms with Crippen LogP contribution < -0.4 is 21.5 Å². The second kappa shape index (κ2) is 3.41. The van der Waals surface area contributed by atoms with Crippen LogP contribution in [0.5, 0.6) is 0 Å². The first kappa shape index (κ1) is 11.4. The summed E-state index contributed by atoms with van der Waals surface area (Å²) in [4.78, 5) is 33.4. The molecule has 0 bridgehead atoms. The van der Waals surface area contributed by atoms with E-state index >= 15 is 0 Å². The number of rotatable bonds is 1. The summed E-state index contributed by atoms with van der Waals surface area (Å²) in [6.45, 7) is 3.40. The lowest BCUT2D eigenvalue weighted by Crippen LogP contribution is -2.37. The Labute approximate surface area is 106 Å². The van der Waals surface area contributed by atoms with Crippen molar-refractivity contribution in [3.63, 3.8) is 0 Å². The molecule has 2 aromatic rings. The van der Waals surface area contributed by atoms with Gasteiger partial charge in [-0.15, -0.1) is 0 Å². The van der Waals surface area contributed by atoms with Gasteiger partial charge in [0.2, 0.25) is 0 Å². The van der Waals surface area contributed by atoms with E-state index in [-0.39, 0.29) is 22.7 Å². The zero-order valence-electron chi connectivity index (χ0n) is 10.2. The van der Waals surface area contributed by atoms with Crippen molar-refractivity contribution in [2.45, 2.75) is 13.8 Å². The standard InChI is InChI=1S/C12H9N3O4/c1-4-3-6-7(10(5(4)2)15(18)19)14-9-8(13-6)11(16)12(9)17/h3,13-14H,1-2H3. The minimum Gasteiger partial charge on any atom is -0.348 e. The van der Waals surface area contributed by atoms with E-state index < -0.39 is 15.8 Å². The van der Waals surface area contributed by atoms with E-state index in [0.717, 1.165) is 5.56 Å². The monoisotopic (exact) mass is 259 g/mol. The van der Waals surface area contributed by atoms with Crippen molar-refractivity contribution in [2.75, 3.05) is 10.6 Å². The van der Waals surface area contributed by atoms with E-state index in [9.17, 15) is 19.7 Å². The summed E-state index contributed by atoms with van der Waals surface area (Å²) < 4.78 is 0. The maximum absolute atomic E-state index is 11.4. The summed E-state index contributed by atoms with van der Waals surface area (Å²) in [5.74, 6) is 0. The SMILES string of the molecule is Cc1cc2c(c([N+](=O)[O-])c1C)Nc1c(c(=O)c1=O)N2. The summed E-state index contributed by atoms with van der Waals surface area (Å²) in [5.41, 5.74) is 0.874. The average molecular weight is 259 g/mol. The first-order chi connectivity index (χ1) is 8.91. The summed E-state index contributed by atoms with van der Waals surface area (Å²) in [6.07, 6.45) is 0. The molecule has 0 aliphatic carbocycles. The molecule has 0 spiro atoms. The smallest absolute Gasteiger partial charge is 0.297 e. The third-order valence-electron chi connectivity index (χ3n) is 3.42. The highest BCUT2D eigenvalue weighted by molar-refractivity contribution is 5.97. The van der Waals surface area contributed by atoms with E-state index in [1.165, 1.54) is 0 Å². The van der Waals surface area contributed by atoms with Crippen LogP contribution in [-0.2, 0) is 0 Å². The molecular formula is C12H9N3O4. The molecule has 0 amide bonds. The minimum absolute atomic E-state index is 0.0822. The lowest BCUT2D eigenvalue weighted by atomic mass is 10.0. The van der Waals surface area contributed by atoms with Crippen LogP contribution in [0.25, 0.3) is 0 Å². The van der Waals surface area contributed by atoms with Gasteiger partial charge in [0.05, 0.1) is 10.6 Å². The van der Waals surface area contributed by atoms with Crippen LogP contribution in [0.15, 0.2) is 15.7 Å². The van der Waals surface area contributed by atoms with E-state index in [2.05, 4.69) is 10.6 Å². The van der Waals surface area contributed by atoms with Gasteiger partial charge in [0.15, 0.2) is 0 Å². The van der Waals surface area contributed by atoms with Gasteiger partial charge in [-0.3, -0.25) is 19.7 Å². The van der Waals surface area contributed by atoms with Crippen LogP contribution in [0.4, 0.5) is 28.4 Å². The summed E-state index contributed by atoms with van der Waals surface area (Å²) >= 11 is 0. The molecule has 2 aromatic carbocycles. The van der Waals surface area contributed by atoms with Gasteiger partial charge in [0.25, 0.3) is 16.5 Å². The molecule has 0 saturated carbocycles. The molecule has 0 aromatic heterocycles. The number of benzene rings is 1. The van der Waals surface area contributed by atoms with Crippen molar-refractivity contribution >= 4 is 28.4 Å². The Morgan fingerprint density at radius 2 is 1.63 bits per heavy atom. The molecule has 7 heteroatoms. The van der Waals surface area contributed by atoms with Crippen molar-refractivity contribution in [1.82, 2.24) is 0 Å². The van der Waals surface area contributed by atoms with Gasteiger partial charge in [-0.1, -0.05) is 0 Å². The molecule has 1 heterocycles. The highest BCUT2D eigenvalue weighted by Crippen LogP contribution is 2.44. The van der Waals surface area contributed by atoms with Gasteiger partial charge >= 0.3 is 0 Å². The number of nitro groups is 1. The maximum Gasteiger partial charge on any atom is 0.297 e. The molecule has 0 saturated heterocycles. The van der Waals surface area contributed by atoms with Gasteiger partial charge in [-0.25, -0.2) is 0 Å². The summed E-state index contributed by atoms with van der Waals surface area (Å²) in [5, 5.41) is 16.6.